The van der Waals surface area contributed by atoms with Gasteiger partial charge in [0.25, 0.3) is 0 Å². The zero-order chi connectivity index (χ0) is 23.0. The predicted octanol–water partition coefficient (Wildman–Crippen LogP) is 0.952. The molecular formula is C21H34N2O6S2. The predicted molar refractivity (Wildman–Crippen MR) is 120 cm³/mol. The largest absolute Gasteiger partial charge is 0.495 e. The maximum Gasteiger partial charge on any atom is 0.187 e. The van der Waals surface area contributed by atoms with Crippen molar-refractivity contribution in [1.29, 1.82) is 0 Å². The van der Waals surface area contributed by atoms with Gasteiger partial charge in [-0.15, -0.1) is 0 Å². The van der Waals surface area contributed by atoms with Gasteiger partial charge in [-0.05, 0) is 51.0 Å². The molecule has 10 heteroatoms. The summed E-state index contributed by atoms with van der Waals surface area (Å²) < 4.78 is 62.9. The average molecular weight is 475 g/mol. The first-order chi connectivity index (χ1) is 14.4. The minimum Gasteiger partial charge on any atom is -0.495 e. The summed E-state index contributed by atoms with van der Waals surface area (Å²) >= 11 is 0. The number of aryl methyl sites for hydroxylation is 2. The number of nitrogens with one attached hydrogen (secondary N) is 1. The zero-order valence-corrected chi connectivity index (χ0v) is 20.6. The third-order valence-electron chi connectivity index (χ3n) is 6.45. The Labute approximate surface area is 186 Å². The lowest BCUT2D eigenvalue weighted by atomic mass is 10.0. The number of benzene rings is 1. The highest BCUT2D eigenvalue weighted by Gasteiger charge is 2.47. The van der Waals surface area contributed by atoms with Crippen molar-refractivity contribution in [2.24, 2.45) is 0 Å². The van der Waals surface area contributed by atoms with E-state index >= 15 is 0 Å². The molecule has 0 radical (unpaired) electrons. The fourth-order valence-corrected chi connectivity index (χ4v) is 9.22. The topological polar surface area (TPSA) is 102 Å². The summed E-state index contributed by atoms with van der Waals surface area (Å²) in [7, 11) is -5.99. The minimum atomic E-state index is -3.93. The van der Waals surface area contributed by atoms with Crippen molar-refractivity contribution in [3.63, 3.8) is 0 Å². The number of ether oxygens (including phenoxy) is 2. The van der Waals surface area contributed by atoms with Crippen LogP contribution in [0, 0.1) is 13.8 Å². The zero-order valence-electron chi connectivity index (χ0n) is 19.0. The summed E-state index contributed by atoms with van der Waals surface area (Å²) in [5.41, 5.74) is 1.47. The lowest BCUT2D eigenvalue weighted by Gasteiger charge is -2.41. The molecule has 2 aliphatic heterocycles. The number of nitrogens with zero attached hydrogens (tertiary/aromatic N) is 1. The summed E-state index contributed by atoms with van der Waals surface area (Å²) in [4.78, 5) is 2.34. The van der Waals surface area contributed by atoms with Crippen LogP contribution in [0.5, 0.6) is 5.75 Å². The van der Waals surface area contributed by atoms with Crippen LogP contribution in [0.2, 0.25) is 0 Å². The molecule has 0 aromatic heterocycles. The van der Waals surface area contributed by atoms with E-state index in [1.54, 1.807) is 12.1 Å². The number of sulfone groups is 2. The van der Waals surface area contributed by atoms with Gasteiger partial charge in [0.05, 0.1) is 37.1 Å². The van der Waals surface area contributed by atoms with Gasteiger partial charge in [-0.3, -0.25) is 4.90 Å². The van der Waals surface area contributed by atoms with Gasteiger partial charge in [0.1, 0.15) is 10.6 Å². The Morgan fingerprint density at radius 3 is 2.39 bits per heavy atom. The Kier molecular flexibility index (Phi) is 7.08. The number of methoxy groups -OCH3 is 1. The van der Waals surface area contributed by atoms with E-state index in [-0.39, 0.29) is 27.7 Å². The first-order valence-electron chi connectivity index (χ1n) is 10.5. The van der Waals surface area contributed by atoms with E-state index in [0.717, 1.165) is 24.2 Å². The molecule has 1 aromatic carbocycles. The smallest absolute Gasteiger partial charge is 0.187 e. The maximum atomic E-state index is 13.6. The molecule has 2 fully saturated rings. The standard InChI is InChI=1S/C21H34N2O6S2/c1-15-10-18(28-5)19(11-16(15)2)31(26,27)20-13-30(24,25)12-17(20)22-14-21(3,4)23-6-8-29-9-7-23/h10-11,17,20,22H,6-9,12-14H2,1-5H3/t17-,20-/m0/s1. The normalized spacial score (nSPS) is 24.9. The molecule has 1 aromatic rings. The molecule has 176 valence electrons. The molecule has 2 heterocycles. The van der Waals surface area contributed by atoms with Crippen molar-refractivity contribution in [2.45, 2.75) is 49.4 Å². The molecule has 0 amide bonds. The Hall–Kier alpha value is -1.20. The van der Waals surface area contributed by atoms with Gasteiger partial charge in [0.2, 0.25) is 0 Å². The lowest BCUT2D eigenvalue weighted by molar-refractivity contribution is -0.0101. The van der Waals surface area contributed by atoms with E-state index in [1.165, 1.54) is 7.11 Å². The first-order valence-corrected chi connectivity index (χ1v) is 13.9. The molecular weight excluding hydrogens is 440 g/mol. The van der Waals surface area contributed by atoms with Crippen LogP contribution in [0.3, 0.4) is 0 Å². The van der Waals surface area contributed by atoms with Crippen LogP contribution in [0.15, 0.2) is 17.0 Å². The number of hydrogen-bond donors (Lipinski definition) is 1. The summed E-state index contributed by atoms with van der Waals surface area (Å²) in [6.07, 6.45) is 0. The second kappa shape index (κ2) is 8.97. The molecule has 31 heavy (non-hydrogen) atoms. The highest BCUT2D eigenvalue weighted by Crippen LogP contribution is 2.34. The van der Waals surface area contributed by atoms with E-state index in [0.29, 0.717) is 19.8 Å². The second-order valence-electron chi connectivity index (χ2n) is 9.15. The molecule has 0 unspecified atom stereocenters. The highest BCUT2D eigenvalue weighted by molar-refractivity contribution is 7.96. The maximum absolute atomic E-state index is 13.6. The molecule has 0 saturated carbocycles. The van der Waals surface area contributed by atoms with Gasteiger partial charge < -0.3 is 14.8 Å². The Balaban J connectivity index is 1.87. The molecule has 0 aliphatic carbocycles. The number of hydrogen-bond acceptors (Lipinski definition) is 8. The Morgan fingerprint density at radius 2 is 1.77 bits per heavy atom. The Bertz CT molecular complexity index is 1010. The van der Waals surface area contributed by atoms with Crippen LogP contribution in [0.1, 0.15) is 25.0 Å². The second-order valence-corrected chi connectivity index (χ2v) is 13.4. The van der Waals surface area contributed by atoms with E-state index in [9.17, 15) is 16.8 Å². The van der Waals surface area contributed by atoms with Crippen LogP contribution in [-0.2, 0) is 24.4 Å². The molecule has 1 N–H and O–H groups in total. The van der Waals surface area contributed by atoms with Gasteiger partial charge in [-0.2, -0.15) is 0 Å². The molecule has 2 aliphatic rings. The van der Waals surface area contributed by atoms with Crippen LogP contribution in [-0.4, -0.2) is 90.0 Å². The fraction of sp³-hybridized carbons (Fsp3) is 0.714. The van der Waals surface area contributed by atoms with E-state index in [1.807, 2.05) is 13.8 Å². The van der Waals surface area contributed by atoms with Gasteiger partial charge in [-0.25, -0.2) is 16.8 Å². The lowest BCUT2D eigenvalue weighted by Crippen LogP contribution is -2.57. The summed E-state index contributed by atoms with van der Waals surface area (Å²) in [6.45, 7) is 11.2. The molecule has 0 spiro atoms. The molecule has 0 bridgehead atoms. The third-order valence-corrected chi connectivity index (χ3v) is 10.6. The highest BCUT2D eigenvalue weighted by atomic mass is 32.2. The van der Waals surface area contributed by atoms with Crippen LogP contribution in [0.4, 0.5) is 0 Å². The van der Waals surface area contributed by atoms with Gasteiger partial charge in [-0.1, -0.05) is 0 Å². The average Bonchev–Trinajstić information content (AvgIpc) is 3.04. The van der Waals surface area contributed by atoms with Crippen molar-refractivity contribution in [2.75, 3.05) is 51.5 Å². The molecule has 2 saturated heterocycles. The van der Waals surface area contributed by atoms with E-state index in [4.69, 9.17) is 9.47 Å². The monoisotopic (exact) mass is 474 g/mol. The van der Waals surface area contributed by atoms with Crippen molar-refractivity contribution < 1.29 is 26.3 Å². The first kappa shape index (κ1) is 24.4. The molecule has 2 atom stereocenters. The van der Waals surface area contributed by atoms with Gasteiger partial charge >= 0.3 is 0 Å². The molecule has 3 rings (SSSR count). The van der Waals surface area contributed by atoms with Crippen molar-refractivity contribution in [3.8, 4) is 5.75 Å². The summed E-state index contributed by atoms with van der Waals surface area (Å²) in [6, 6.07) is 2.60. The summed E-state index contributed by atoms with van der Waals surface area (Å²) in [5, 5.41) is 2.22. The van der Waals surface area contributed by atoms with Crippen LogP contribution < -0.4 is 10.1 Å². The van der Waals surface area contributed by atoms with E-state index < -0.39 is 31.0 Å². The number of morpholine rings is 1. The quantitative estimate of drug-likeness (QED) is 0.623. The third kappa shape index (κ3) is 5.24. The SMILES string of the molecule is COc1cc(C)c(C)cc1S(=O)(=O)[C@H]1CS(=O)(=O)C[C@@H]1NCC(C)(C)N1CCOCC1. The van der Waals surface area contributed by atoms with Gasteiger partial charge in [0, 0.05) is 31.2 Å². The molecule has 8 nitrogen and oxygen atoms in total. The van der Waals surface area contributed by atoms with E-state index in [2.05, 4.69) is 24.1 Å². The van der Waals surface area contributed by atoms with Crippen molar-refractivity contribution >= 4 is 19.7 Å². The van der Waals surface area contributed by atoms with Crippen molar-refractivity contribution in [1.82, 2.24) is 10.2 Å². The summed E-state index contributed by atoms with van der Waals surface area (Å²) in [5.74, 6) is -0.329. The number of rotatable bonds is 7. The van der Waals surface area contributed by atoms with Crippen molar-refractivity contribution in [3.05, 3.63) is 23.3 Å². The van der Waals surface area contributed by atoms with Crippen LogP contribution >= 0.6 is 0 Å². The minimum absolute atomic E-state index is 0.0550. The Morgan fingerprint density at radius 1 is 1.16 bits per heavy atom. The fourth-order valence-electron chi connectivity index (χ4n) is 4.28. The van der Waals surface area contributed by atoms with Crippen LogP contribution in [0.25, 0.3) is 0 Å². The van der Waals surface area contributed by atoms with Gasteiger partial charge in [0.15, 0.2) is 19.7 Å².